The molecule has 1 heterocycles. The highest BCUT2D eigenvalue weighted by Crippen LogP contribution is 2.37. The minimum atomic E-state index is -3.43. The summed E-state index contributed by atoms with van der Waals surface area (Å²) >= 11 is 0. The van der Waals surface area contributed by atoms with Gasteiger partial charge in [-0.25, -0.2) is 13.1 Å². The molecule has 108 valence electrons. The van der Waals surface area contributed by atoms with Crippen LogP contribution in [0, 0.1) is 5.92 Å². The summed E-state index contributed by atoms with van der Waals surface area (Å²) in [6.45, 7) is 2.78. The lowest BCUT2D eigenvalue weighted by Gasteiger charge is -2.17. The highest BCUT2D eigenvalue weighted by Gasteiger charge is 2.36. The number of sulfonamides is 1. The van der Waals surface area contributed by atoms with E-state index in [0.29, 0.717) is 13.1 Å². The van der Waals surface area contributed by atoms with Gasteiger partial charge in [0.2, 0.25) is 15.9 Å². The number of nitrogens with one attached hydrogen (secondary N) is 1. The third-order valence-electron chi connectivity index (χ3n) is 3.78. The van der Waals surface area contributed by atoms with E-state index in [4.69, 9.17) is 0 Å². The van der Waals surface area contributed by atoms with Gasteiger partial charge in [0.25, 0.3) is 0 Å². The maximum Gasteiger partial charge on any atom is 0.240 e. The second kappa shape index (κ2) is 4.86. The Bertz CT molecular complexity index is 650. The number of hydrogen-bond acceptors (Lipinski definition) is 3. The van der Waals surface area contributed by atoms with Crippen molar-refractivity contribution in [2.75, 3.05) is 18.0 Å². The van der Waals surface area contributed by atoms with Crippen molar-refractivity contribution in [3.63, 3.8) is 0 Å². The lowest BCUT2D eigenvalue weighted by atomic mass is 10.2. The Labute approximate surface area is 119 Å². The van der Waals surface area contributed by atoms with Crippen LogP contribution in [0.1, 0.15) is 25.3 Å². The predicted molar refractivity (Wildman–Crippen MR) is 76.1 cm³/mol. The molecule has 0 spiro atoms. The molecule has 1 aromatic carbocycles. The fraction of sp³-hybridized carbons (Fsp3) is 0.500. The summed E-state index contributed by atoms with van der Waals surface area (Å²) in [5, 5.41) is 0. The second-order valence-corrected chi connectivity index (χ2v) is 7.07. The Morgan fingerprint density at radius 3 is 2.80 bits per heavy atom. The first-order valence-corrected chi connectivity index (χ1v) is 8.45. The molecule has 1 N–H and O–H groups in total. The van der Waals surface area contributed by atoms with E-state index in [1.165, 1.54) is 0 Å². The Balaban J connectivity index is 1.90. The number of anilines is 1. The van der Waals surface area contributed by atoms with Crippen molar-refractivity contribution in [3.05, 3.63) is 23.8 Å². The van der Waals surface area contributed by atoms with Gasteiger partial charge in [-0.2, -0.15) is 0 Å². The average Bonchev–Trinajstić information content (AvgIpc) is 3.17. The summed E-state index contributed by atoms with van der Waals surface area (Å²) in [4.78, 5) is 14.2. The van der Waals surface area contributed by atoms with Crippen molar-refractivity contribution in [2.45, 2.75) is 31.1 Å². The lowest BCUT2D eigenvalue weighted by molar-refractivity contribution is -0.119. The van der Waals surface area contributed by atoms with Crippen LogP contribution in [0.15, 0.2) is 23.1 Å². The number of carbonyl (C=O) groups is 1. The van der Waals surface area contributed by atoms with Gasteiger partial charge in [-0.1, -0.05) is 6.92 Å². The second-order valence-electron chi connectivity index (χ2n) is 5.31. The smallest absolute Gasteiger partial charge is 0.240 e. The normalized spacial score (nSPS) is 18.1. The maximum absolute atomic E-state index is 12.1. The molecule has 2 aliphatic rings. The van der Waals surface area contributed by atoms with Gasteiger partial charge < -0.3 is 4.90 Å². The van der Waals surface area contributed by atoms with Crippen molar-refractivity contribution in [3.8, 4) is 0 Å². The van der Waals surface area contributed by atoms with Crippen LogP contribution < -0.4 is 9.62 Å². The topological polar surface area (TPSA) is 66.5 Å². The van der Waals surface area contributed by atoms with Crippen LogP contribution >= 0.6 is 0 Å². The van der Waals surface area contributed by atoms with Crippen LogP contribution in [0.25, 0.3) is 0 Å². The summed E-state index contributed by atoms with van der Waals surface area (Å²) in [5.74, 6) is 0.372. The van der Waals surface area contributed by atoms with E-state index in [0.717, 1.165) is 30.5 Å². The molecule has 0 saturated heterocycles. The van der Waals surface area contributed by atoms with Crippen molar-refractivity contribution in [1.82, 2.24) is 4.72 Å². The third kappa shape index (κ3) is 2.33. The SMILES string of the molecule is CCNS(=O)(=O)c1ccc2c(c1)CCN2C(=O)C1CC1. The minimum Gasteiger partial charge on any atom is -0.312 e. The fourth-order valence-electron chi connectivity index (χ4n) is 2.60. The van der Waals surface area contributed by atoms with Crippen LogP contribution in [0.3, 0.4) is 0 Å². The fourth-order valence-corrected chi connectivity index (χ4v) is 3.69. The number of hydrogen-bond donors (Lipinski definition) is 1. The molecule has 1 aromatic rings. The molecule has 20 heavy (non-hydrogen) atoms. The first kappa shape index (κ1) is 13.6. The summed E-state index contributed by atoms with van der Waals surface area (Å²) in [6.07, 6.45) is 2.69. The number of carbonyl (C=O) groups excluding carboxylic acids is 1. The molecule has 1 fully saturated rings. The maximum atomic E-state index is 12.1. The third-order valence-corrected chi connectivity index (χ3v) is 5.33. The van der Waals surface area contributed by atoms with E-state index < -0.39 is 10.0 Å². The molecule has 6 heteroatoms. The zero-order valence-electron chi connectivity index (χ0n) is 11.4. The number of rotatable bonds is 4. The van der Waals surface area contributed by atoms with E-state index in [1.807, 2.05) is 0 Å². The molecule has 0 aromatic heterocycles. The van der Waals surface area contributed by atoms with E-state index in [2.05, 4.69) is 4.72 Å². The minimum absolute atomic E-state index is 0.186. The molecule has 3 rings (SSSR count). The molecule has 1 saturated carbocycles. The monoisotopic (exact) mass is 294 g/mol. The average molecular weight is 294 g/mol. The predicted octanol–water partition coefficient (Wildman–Crippen LogP) is 1.28. The molecule has 0 bridgehead atoms. The van der Waals surface area contributed by atoms with Gasteiger partial charge in [-0.05, 0) is 43.0 Å². The highest BCUT2D eigenvalue weighted by atomic mass is 32.2. The molecule has 0 atom stereocenters. The van der Waals surface area contributed by atoms with Crippen LogP contribution in [0.2, 0.25) is 0 Å². The first-order valence-electron chi connectivity index (χ1n) is 6.97. The highest BCUT2D eigenvalue weighted by molar-refractivity contribution is 7.89. The summed E-state index contributed by atoms with van der Waals surface area (Å²) in [7, 11) is -3.43. The van der Waals surface area contributed by atoms with Gasteiger partial charge in [0.1, 0.15) is 0 Å². The zero-order valence-corrected chi connectivity index (χ0v) is 12.2. The molecule has 0 radical (unpaired) electrons. The first-order chi connectivity index (χ1) is 9.53. The molecular formula is C14H18N2O3S. The summed E-state index contributed by atoms with van der Waals surface area (Å²) in [6, 6.07) is 5.02. The standard InChI is InChI=1S/C14H18N2O3S/c1-2-15-20(18,19)12-5-6-13-11(9-12)7-8-16(13)14(17)10-3-4-10/h5-6,9-10,15H,2-4,7-8H2,1H3. The number of amides is 1. The van der Waals surface area contributed by atoms with Crippen LogP contribution in [0.5, 0.6) is 0 Å². The largest absolute Gasteiger partial charge is 0.312 e. The number of benzene rings is 1. The van der Waals surface area contributed by atoms with E-state index >= 15 is 0 Å². The van der Waals surface area contributed by atoms with E-state index in [9.17, 15) is 13.2 Å². The Morgan fingerprint density at radius 1 is 1.40 bits per heavy atom. The van der Waals surface area contributed by atoms with Crippen molar-refractivity contribution < 1.29 is 13.2 Å². The van der Waals surface area contributed by atoms with Gasteiger partial charge in [0, 0.05) is 24.7 Å². The van der Waals surface area contributed by atoms with Gasteiger partial charge in [0.15, 0.2) is 0 Å². The molecule has 0 unspecified atom stereocenters. The van der Waals surface area contributed by atoms with E-state index in [-0.39, 0.29) is 16.7 Å². The number of nitrogens with zero attached hydrogens (tertiary/aromatic N) is 1. The quantitative estimate of drug-likeness (QED) is 0.910. The zero-order chi connectivity index (χ0) is 14.3. The molecule has 1 aliphatic heterocycles. The van der Waals surface area contributed by atoms with Gasteiger partial charge in [0.05, 0.1) is 4.90 Å². The Hall–Kier alpha value is -1.40. The molecular weight excluding hydrogens is 276 g/mol. The van der Waals surface area contributed by atoms with Crippen LogP contribution in [-0.2, 0) is 21.2 Å². The van der Waals surface area contributed by atoms with Crippen LogP contribution in [-0.4, -0.2) is 27.4 Å². The summed E-state index contributed by atoms with van der Waals surface area (Å²) < 4.78 is 26.4. The van der Waals surface area contributed by atoms with Crippen LogP contribution in [0.4, 0.5) is 5.69 Å². The van der Waals surface area contributed by atoms with E-state index in [1.54, 1.807) is 30.0 Å². The van der Waals surface area contributed by atoms with Crippen molar-refractivity contribution in [1.29, 1.82) is 0 Å². The van der Waals surface area contributed by atoms with Crippen molar-refractivity contribution >= 4 is 21.6 Å². The van der Waals surface area contributed by atoms with Crippen molar-refractivity contribution in [2.24, 2.45) is 5.92 Å². The molecule has 1 aliphatic carbocycles. The Kier molecular flexibility index (Phi) is 3.30. The van der Waals surface area contributed by atoms with Gasteiger partial charge >= 0.3 is 0 Å². The number of fused-ring (bicyclic) bond motifs is 1. The van der Waals surface area contributed by atoms with Gasteiger partial charge in [-0.3, -0.25) is 4.79 Å². The van der Waals surface area contributed by atoms with Gasteiger partial charge in [-0.15, -0.1) is 0 Å². The summed E-state index contributed by atoms with van der Waals surface area (Å²) in [5.41, 5.74) is 1.82. The Morgan fingerprint density at radius 2 is 2.15 bits per heavy atom. The lowest BCUT2D eigenvalue weighted by Crippen LogP contribution is -2.30. The molecule has 5 nitrogen and oxygen atoms in total. The molecule has 1 amide bonds.